The van der Waals surface area contributed by atoms with Crippen LogP contribution in [0, 0.1) is 0 Å². The van der Waals surface area contributed by atoms with Gasteiger partial charge in [-0.05, 0) is 43.0 Å². The van der Waals surface area contributed by atoms with Gasteiger partial charge in [0.2, 0.25) is 0 Å². The van der Waals surface area contributed by atoms with Gasteiger partial charge in [0.15, 0.2) is 10.9 Å². The van der Waals surface area contributed by atoms with Gasteiger partial charge in [0.1, 0.15) is 12.0 Å². The van der Waals surface area contributed by atoms with Crippen LogP contribution in [-0.4, -0.2) is 25.5 Å². The molecule has 1 aliphatic rings. The highest BCUT2D eigenvalue weighted by Crippen LogP contribution is 2.41. The smallest absolute Gasteiger partial charge is 0.312 e. The Morgan fingerprint density at radius 3 is 2.68 bits per heavy atom. The Labute approximate surface area is 182 Å². The third-order valence-corrected chi connectivity index (χ3v) is 6.40. The Balaban J connectivity index is 1.53. The zero-order chi connectivity index (χ0) is 22.2. The van der Waals surface area contributed by atoms with Gasteiger partial charge in [0.05, 0.1) is 5.56 Å². The van der Waals surface area contributed by atoms with Gasteiger partial charge in [-0.3, -0.25) is 4.79 Å². The zero-order valence-corrected chi connectivity index (χ0v) is 17.9. The van der Waals surface area contributed by atoms with Crippen LogP contribution >= 0.6 is 11.8 Å². The summed E-state index contributed by atoms with van der Waals surface area (Å²) in [5.74, 6) is -0.394. The van der Waals surface area contributed by atoms with Gasteiger partial charge >= 0.3 is 6.18 Å². The summed E-state index contributed by atoms with van der Waals surface area (Å²) < 4.78 is 41.7. The molecule has 0 N–H and O–H groups in total. The summed E-state index contributed by atoms with van der Waals surface area (Å²) in [5, 5.41) is 8.77. The van der Waals surface area contributed by atoms with E-state index >= 15 is 0 Å². The molecule has 0 radical (unpaired) electrons. The van der Waals surface area contributed by atoms with Crippen LogP contribution in [-0.2, 0) is 19.6 Å². The van der Waals surface area contributed by atoms with E-state index in [0.29, 0.717) is 5.69 Å². The van der Waals surface area contributed by atoms with Crippen LogP contribution in [0.3, 0.4) is 0 Å². The van der Waals surface area contributed by atoms with Gasteiger partial charge in [0.25, 0.3) is 0 Å². The molecule has 2 aromatic heterocycles. The fourth-order valence-corrected chi connectivity index (χ4v) is 4.19. The number of hydrogen-bond acceptors (Lipinski definition) is 5. The maximum atomic E-state index is 13.3. The standard InChI is InChI=1S/C22H21F3N4OS/c1-13(31-21-28-26-12-29(21)2)16-5-3-4-14(8-16)9-20(30)19-11-17(22(23,24)25)10-18(27-19)15-6-7-15/h3-5,8,10-13,15H,6-7,9H2,1-2H3/t13-/m0/s1. The van der Waals surface area contributed by atoms with Crippen molar-refractivity contribution in [3.8, 4) is 0 Å². The number of aryl methyl sites for hydroxylation is 1. The molecule has 2 heterocycles. The summed E-state index contributed by atoms with van der Waals surface area (Å²) in [7, 11) is 1.86. The first-order valence-electron chi connectivity index (χ1n) is 9.92. The van der Waals surface area contributed by atoms with Crippen molar-refractivity contribution in [1.82, 2.24) is 19.7 Å². The highest BCUT2D eigenvalue weighted by atomic mass is 32.2. The van der Waals surface area contributed by atoms with Gasteiger partial charge in [-0.2, -0.15) is 13.2 Å². The first kappa shape index (κ1) is 21.5. The van der Waals surface area contributed by atoms with Crippen LogP contribution in [0.4, 0.5) is 13.2 Å². The fourth-order valence-electron chi connectivity index (χ4n) is 3.28. The third-order valence-electron chi connectivity index (χ3n) is 5.19. The summed E-state index contributed by atoms with van der Waals surface area (Å²) in [6.45, 7) is 2.02. The van der Waals surface area contributed by atoms with Crippen LogP contribution in [0.15, 0.2) is 47.9 Å². The van der Waals surface area contributed by atoms with E-state index in [0.717, 1.165) is 41.3 Å². The van der Waals surface area contributed by atoms with Crippen molar-refractivity contribution in [2.45, 2.75) is 48.7 Å². The quantitative estimate of drug-likeness (QED) is 0.360. The number of rotatable bonds is 7. The molecule has 9 heteroatoms. The minimum atomic E-state index is -4.51. The molecule has 0 aliphatic heterocycles. The summed E-state index contributed by atoms with van der Waals surface area (Å²) >= 11 is 1.54. The second-order valence-corrected chi connectivity index (χ2v) is 9.08. The number of carbonyl (C=O) groups is 1. The van der Waals surface area contributed by atoms with E-state index in [4.69, 9.17) is 0 Å². The molecule has 3 aromatic rings. The predicted octanol–water partition coefficient (Wildman–Crippen LogP) is 5.39. The van der Waals surface area contributed by atoms with Crippen molar-refractivity contribution >= 4 is 17.5 Å². The number of ketones is 1. The average Bonchev–Trinajstić information content (AvgIpc) is 3.51. The van der Waals surface area contributed by atoms with Crippen molar-refractivity contribution in [3.63, 3.8) is 0 Å². The molecule has 5 nitrogen and oxygen atoms in total. The van der Waals surface area contributed by atoms with E-state index in [2.05, 4.69) is 15.2 Å². The van der Waals surface area contributed by atoms with E-state index in [9.17, 15) is 18.0 Å². The molecule has 0 unspecified atom stereocenters. The van der Waals surface area contributed by atoms with Crippen LogP contribution in [0.2, 0.25) is 0 Å². The molecular weight excluding hydrogens is 425 g/mol. The Hall–Kier alpha value is -2.68. The lowest BCUT2D eigenvalue weighted by molar-refractivity contribution is -0.137. The Morgan fingerprint density at radius 1 is 1.26 bits per heavy atom. The third kappa shape index (κ3) is 5.15. The van der Waals surface area contributed by atoms with E-state index in [1.807, 2.05) is 36.7 Å². The molecule has 1 atom stereocenters. The number of hydrogen-bond donors (Lipinski definition) is 0. The number of pyridine rings is 1. The van der Waals surface area contributed by atoms with Crippen molar-refractivity contribution in [2.24, 2.45) is 7.05 Å². The SMILES string of the molecule is C[C@H](Sc1nncn1C)c1cccc(CC(=O)c2cc(C(F)(F)F)cc(C3CC3)n2)c1. The number of thioether (sulfide) groups is 1. The molecular formula is C22H21F3N4OS. The van der Waals surface area contributed by atoms with Crippen LogP contribution in [0.5, 0.6) is 0 Å². The molecule has 0 spiro atoms. The molecule has 162 valence electrons. The van der Waals surface area contributed by atoms with Crippen molar-refractivity contribution in [3.05, 3.63) is 70.8 Å². The lowest BCUT2D eigenvalue weighted by atomic mass is 10.0. The first-order chi connectivity index (χ1) is 14.7. The largest absolute Gasteiger partial charge is 0.416 e. The molecule has 1 fully saturated rings. The molecule has 4 rings (SSSR count). The number of aromatic nitrogens is 4. The van der Waals surface area contributed by atoms with Gasteiger partial charge in [-0.25, -0.2) is 4.98 Å². The maximum absolute atomic E-state index is 13.3. The Morgan fingerprint density at radius 2 is 2.03 bits per heavy atom. The van der Waals surface area contributed by atoms with E-state index in [1.54, 1.807) is 12.4 Å². The van der Waals surface area contributed by atoms with Gasteiger partial charge in [-0.1, -0.05) is 36.0 Å². The summed E-state index contributed by atoms with van der Waals surface area (Å²) in [6.07, 6.45) is -1.26. The molecule has 0 bridgehead atoms. The summed E-state index contributed by atoms with van der Waals surface area (Å²) in [6, 6.07) is 9.44. The van der Waals surface area contributed by atoms with Gasteiger partial charge < -0.3 is 4.57 Å². The maximum Gasteiger partial charge on any atom is 0.416 e. The second kappa shape index (κ2) is 8.45. The number of carbonyl (C=O) groups excluding carboxylic acids is 1. The molecule has 1 aliphatic carbocycles. The lowest BCUT2D eigenvalue weighted by Gasteiger charge is -2.13. The minimum Gasteiger partial charge on any atom is -0.312 e. The number of halogens is 3. The molecule has 1 aromatic carbocycles. The number of Topliss-reactive ketones (excluding diaryl/α,β-unsaturated/α-hetero) is 1. The number of alkyl halides is 3. The highest BCUT2D eigenvalue weighted by Gasteiger charge is 2.35. The summed E-state index contributed by atoms with van der Waals surface area (Å²) in [4.78, 5) is 17.1. The average molecular weight is 446 g/mol. The molecule has 1 saturated carbocycles. The van der Waals surface area contributed by atoms with Crippen LogP contribution in [0.1, 0.15) is 63.8 Å². The van der Waals surface area contributed by atoms with Gasteiger partial charge in [0, 0.05) is 30.3 Å². The second-order valence-electron chi connectivity index (χ2n) is 7.77. The number of benzene rings is 1. The molecule has 31 heavy (non-hydrogen) atoms. The summed E-state index contributed by atoms with van der Waals surface area (Å²) in [5.41, 5.74) is 1.16. The first-order valence-corrected chi connectivity index (χ1v) is 10.8. The monoisotopic (exact) mass is 446 g/mol. The Kier molecular flexibility index (Phi) is 5.88. The van der Waals surface area contributed by atoms with Crippen molar-refractivity contribution in [1.29, 1.82) is 0 Å². The highest BCUT2D eigenvalue weighted by molar-refractivity contribution is 7.99. The lowest BCUT2D eigenvalue weighted by Crippen LogP contribution is -2.13. The zero-order valence-electron chi connectivity index (χ0n) is 17.1. The van der Waals surface area contributed by atoms with Crippen LogP contribution < -0.4 is 0 Å². The van der Waals surface area contributed by atoms with E-state index in [-0.39, 0.29) is 23.3 Å². The Bertz CT molecular complexity index is 1110. The van der Waals surface area contributed by atoms with E-state index in [1.165, 1.54) is 11.8 Å². The van der Waals surface area contributed by atoms with Crippen LogP contribution in [0.25, 0.3) is 0 Å². The molecule has 0 saturated heterocycles. The van der Waals surface area contributed by atoms with E-state index < -0.39 is 17.5 Å². The minimum absolute atomic E-state index is 0.00635. The molecule has 0 amide bonds. The van der Waals surface area contributed by atoms with Crippen molar-refractivity contribution in [2.75, 3.05) is 0 Å². The normalized spacial score (nSPS) is 15.1. The van der Waals surface area contributed by atoms with Crippen molar-refractivity contribution < 1.29 is 18.0 Å². The van der Waals surface area contributed by atoms with Gasteiger partial charge in [-0.15, -0.1) is 10.2 Å². The fraction of sp³-hybridized carbons (Fsp3) is 0.364. The topological polar surface area (TPSA) is 60.7 Å². The number of nitrogens with zero attached hydrogens (tertiary/aromatic N) is 4. The predicted molar refractivity (Wildman–Crippen MR) is 111 cm³/mol.